The minimum absolute atomic E-state index is 0.213. The number of nitrogens with one attached hydrogen (secondary N) is 1. The summed E-state index contributed by atoms with van der Waals surface area (Å²) in [5.74, 6) is 7.73. The van der Waals surface area contributed by atoms with Crippen LogP contribution in [-0.2, 0) is 17.4 Å². The van der Waals surface area contributed by atoms with Gasteiger partial charge in [-0.25, -0.2) is 8.93 Å². The monoisotopic (exact) mass is 477 g/mol. The zero-order valence-corrected chi connectivity index (χ0v) is 19.9. The maximum atomic E-state index is 12.6. The van der Waals surface area contributed by atoms with Gasteiger partial charge in [0.1, 0.15) is 0 Å². The molecule has 2 atom stereocenters. The maximum Gasteiger partial charge on any atom is 0.161 e. The number of hydrogen-bond donors (Lipinski definition) is 1. The molecule has 0 saturated carbocycles. The van der Waals surface area contributed by atoms with E-state index in [9.17, 15) is 4.21 Å². The lowest BCUT2D eigenvalue weighted by Crippen LogP contribution is -2.39. The summed E-state index contributed by atoms with van der Waals surface area (Å²) >= 11 is 3.59. The van der Waals surface area contributed by atoms with Crippen molar-refractivity contribution in [3.63, 3.8) is 0 Å². The minimum Gasteiger partial charge on any atom is -0.493 e. The van der Waals surface area contributed by atoms with Crippen LogP contribution in [-0.4, -0.2) is 29.2 Å². The molecule has 2 aromatic carbocycles. The quantitative estimate of drug-likeness (QED) is 0.578. The first-order valence-corrected chi connectivity index (χ1v) is 11.3. The Morgan fingerprint density at radius 2 is 1.79 bits per heavy atom. The molecule has 0 aromatic heterocycles. The van der Waals surface area contributed by atoms with Gasteiger partial charge in [0, 0.05) is 10.0 Å². The molecule has 2 aromatic rings. The molecular weight excluding hydrogens is 450 g/mol. The Morgan fingerprint density at radius 3 is 2.41 bits per heavy atom. The van der Waals surface area contributed by atoms with E-state index in [1.807, 2.05) is 57.2 Å². The predicted octanol–water partition coefficient (Wildman–Crippen LogP) is 4.87. The average molecular weight is 478 g/mol. The Hall–Kier alpha value is -1.81. The first-order chi connectivity index (χ1) is 13.7. The van der Waals surface area contributed by atoms with Gasteiger partial charge in [-0.1, -0.05) is 46.0 Å². The van der Waals surface area contributed by atoms with Gasteiger partial charge >= 0.3 is 0 Å². The van der Waals surface area contributed by atoms with Gasteiger partial charge in [0.2, 0.25) is 0 Å². The molecule has 0 aliphatic carbocycles. The second kappa shape index (κ2) is 10.8. The van der Waals surface area contributed by atoms with Crippen LogP contribution in [0, 0.1) is 11.8 Å². The molecule has 156 valence electrons. The molecule has 29 heavy (non-hydrogen) atoms. The van der Waals surface area contributed by atoms with Gasteiger partial charge in [-0.05, 0) is 63.4 Å². The predicted molar refractivity (Wildman–Crippen MR) is 124 cm³/mol. The third-order valence-corrected chi connectivity index (χ3v) is 6.62. The van der Waals surface area contributed by atoms with Crippen molar-refractivity contribution in [1.29, 1.82) is 0 Å². The summed E-state index contributed by atoms with van der Waals surface area (Å²) in [5, 5.41) is 0. The highest BCUT2D eigenvalue weighted by Gasteiger charge is 2.22. The van der Waals surface area contributed by atoms with Crippen LogP contribution in [0.4, 0.5) is 0 Å². The zero-order valence-electron chi connectivity index (χ0n) is 17.5. The van der Waals surface area contributed by atoms with Crippen molar-refractivity contribution in [2.75, 3.05) is 14.2 Å². The van der Waals surface area contributed by atoms with E-state index in [-0.39, 0.29) is 10.8 Å². The van der Waals surface area contributed by atoms with Crippen LogP contribution in [0.15, 0.2) is 46.9 Å². The van der Waals surface area contributed by atoms with Crippen LogP contribution in [0.5, 0.6) is 11.5 Å². The number of benzene rings is 2. The molecule has 0 bridgehead atoms. The molecule has 2 rings (SSSR count). The molecule has 1 N–H and O–H groups in total. The zero-order chi connectivity index (χ0) is 21.4. The van der Waals surface area contributed by atoms with E-state index in [0.717, 1.165) is 22.9 Å². The number of methoxy groups -OCH3 is 2. The van der Waals surface area contributed by atoms with Crippen molar-refractivity contribution < 1.29 is 13.7 Å². The van der Waals surface area contributed by atoms with Crippen molar-refractivity contribution >= 4 is 26.9 Å². The van der Waals surface area contributed by atoms with Crippen LogP contribution in [0.25, 0.3) is 0 Å². The molecule has 6 heteroatoms. The van der Waals surface area contributed by atoms with Gasteiger partial charge in [-0.15, -0.1) is 0 Å². The normalized spacial score (nSPS) is 13.2. The molecule has 0 radical (unpaired) electrons. The SMILES string of the molecule is COc1ccc(C#C[C@@H](CCc2ccccc2Br)N[S@](=O)C(C)(C)C)cc1OC. The van der Waals surface area contributed by atoms with Crippen molar-refractivity contribution in [2.45, 2.75) is 44.4 Å². The highest BCUT2D eigenvalue weighted by atomic mass is 79.9. The molecule has 0 saturated heterocycles. The second-order valence-corrected chi connectivity index (χ2v) is 10.4. The van der Waals surface area contributed by atoms with Gasteiger partial charge in [0.05, 0.1) is 36.0 Å². The van der Waals surface area contributed by atoms with E-state index in [1.54, 1.807) is 14.2 Å². The first kappa shape index (κ1) is 23.5. The lowest BCUT2D eigenvalue weighted by Gasteiger charge is -2.21. The first-order valence-electron chi connectivity index (χ1n) is 9.39. The number of ether oxygens (including phenoxy) is 2. The number of halogens is 1. The lowest BCUT2D eigenvalue weighted by atomic mass is 10.1. The summed E-state index contributed by atoms with van der Waals surface area (Å²) in [6.45, 7) is 5.84. The van der Waals surface area contributed by atoms with Gasteiger partial charge in [0.15, 0.2) is 11.5 Å². The van der Waals surface area contributed by atoms with E-state index >= 15 is 0 Å². The summed E-state index contributed by atoms with van der Waals surface area (Å²) in [6.07, 6.45) is 1.56. The Labute approximate surface area is 185 Å². The smallest absolute Gasteiger partial charge is 0.161 e. The largest absolute Gasteiger partial charge is 0.493 e. The molecule has 0 aliphatic rings. The van der Waals surface area contributed by atoms with Gasteiger partial charge in [0.25, 0.3) is 0 Å². The van der Waals surface area contributed by atoms with Crippen LogP contribution >= 0.6 is 15.9 Å². The second-order valence-electron chi connectivity index (χ2n) is 7.52. The lowest BCUT2D eigenvalue weighted by molar-refractivity contribution is 0.355. The van der Waals surface area contributed by atoms with Crippen molar-refractivity contribution in [1.82, 2.24) is 4.72 Å². The van der Waals surface area contributed by atoms with Crippen LogP contribution < -0.4 is 14.2 Å². The van der Waals surface area contributed by atoms with E-state index in [4.69, 9.17) is 9.47 Å². The van der Waals surface area contributed by atoms with E-state index in [2.05, 4.69) is 38.6 Å². The Balaban J connectivity index is 2.22. The summed E-state index contributed by atoms with van der Waals surface area (Å²) < 4.78 is 27.2. The standard InChI is InChI=1S/C23H28BrNO3S/c1-23(2,3)29(26)25-19(14-12-18-8-6-7-9-20(18)24)13-10-17-11-15-21(27-4)22(16-17)28-5/h6-9,11,15-16,19,25H,12,14H2,1-5H3/t19-,29+/m0/s1. The van der Waals surface area contributed by atoms with Gasteiger partial charge in [-0.3, -0.25) is 0 Å². The fourth-order valence-electron chi connectivity index (χ4n) is 2.55. The van der Waals surface area contributed by atoms with Crippen LogP contribution in [0.1, 0.15) is 38.3 Å². The summed E-state index contributed by atoms with van der Waals surface area (Å²) in [5.41, 5.74) is 2.02. The van der Waals surface area contributed by atoms with Crippen LogP contribution in [0.3, 0.4) is 0 Å². The van der Waals surface area contributed by atoms with Gasteiger partial charge < -0.3 is 9.47 Å². The van der Waals surface area contributed by atoms with Crippen LogP contribution in [0.2, 0.25) is 0 Å². The fraction of sp³-hybridized carbons (Fsp3) is 0.391. The minimum atomic E-state index is -1.21. The molecule has 0 heterocycles. The fourth-order valence-corrected chi connectivity index (χ4v) is 3.82. The summed E-state index contributed by atoms with van der Waals surface area (Å²) in [7, 11) is 2.00. The number of hydrogen-bond acceptors (Lipinski definition) is 3. The Morgan fingerprint density at radius 1 is 1.10 bits per heavy atom. The van der Waals surface area contributed by atoms with Gasteiger partial charge in [-0.2, -0.15) is 0 Å². The molecule has 0 spiro atoms. The van der Waals surface area contributed by atoms with Crippen molar-refractivity contribution in [3.8, 4) is 23.3 Å². The average Bonchev–Trinajstić information content (AvgIpc) is 2.69. The van der Waals surface area contributed by atoms with E-state index < -0.39 is 11.0 Å². The number of rotatable bonds is 7. The molecule has 4 nitrogen and oxygen atoms in total. The Bertz CT molecular complexity index is 912. The summed E-state index contributed by atoms with van der Waals surface area (Å²) in [4.78, 5) is 0. The topological polar surface area (TPSA) is 47.6 Å². The number of aryl methyl sites for hydroxylation is 1. The third-order valence-electron chi connectivity index (χ3n) is 4.24. The molecular formula is C23H28BrNO3S. The molecule has 0 fully saturated rings. The molecule has 0 unspecified atom stereocenters. The highest BCUT2D eigenvalue weighted by molar-refractivity contribution is 9.10. The highest BCUT2D eigenvalue weighted by Crippen LogP contribution is 2.27. The maximum absolute atomic E-state index is 12.6. The van der Waals surface area contributed by atoms with Crippen molar-refractivity contribution in [3.05, 3.63) is 58.1 Å². The van der Waals surface area contributed by atoms with E-state index in [0.29, 0.717) is 11.5 Å². The van der Waals surface area contributed by atoms with E-state index in [1.165, 1.54) is 5.56 Å². The molecule has 0 aliphatic heterocycles. The molecule has 0 amide bonds. The van der Waals surface area contributed by atoms with Crippen molar-refractivity contribution in [2.24, 2.45) is 0 Å². The summed E-state index contributed by atoms with van der Waals surface area (Å²) in [6, 6.07) is 13.5. The Kier molecular flexibility index (Phi) is 8.76. The third kappa shape index (κ3) is 7.18.